The first-order valence-electron chi connectivity index (χ1n) is 10.5. The largest absolute Gasteiger partial charge is 0.337 e. The number of piperidine rings is 1. The van der Waals surface area contributed by atoms with Crippen LogP contribution in [0.4, 0.5) is 5.69 Å². The number of amides is 2. The highest BCUT2D eigenvalue weighted by molar-refractivity contribution is 5.94. The molecule has 1 atom stereocenters. The van der Waals surface area contributed by atoms with Gasteiger partial charge >= 0.3 is 0 Å². The highest BCUT2D eigenvalue weighted by atomic mass is 16.2. The van der Waals surface area contributed by atoms with Crippen LogP contribution >= 0.6 is 0 Å². The fourth-order valence-electron chi connectivity index (χ4n) is 4.06. The summed E-state index contributed by atoms with van der Waals surface area (Å²) in [5.74, 6) is -0.209. The van der Waals surface area contributed by atoms with Crippen molar-refractivity contribution in [3.8, 4) is 0 Å². The number of anilines is 1. The minimum Gasteiger partial charge on any atom is -0.337 e. The second-order valence-electron chi connectivity index (χ2n) is 7.93. The molecule has 0 spiro atoms. The Morgan fingerprint density at radius 3 is 2.84 bits per heavy atom. The van der Waals surface area contributed by atoms with Crippen LogP contribution in [0.2, 0.25) is 0 Å². The summed E-state index contributed by atoms with van der Waals surface area (Å²) in [5, 5.41) is 7.00. The molecular weight excluding hydrogens is 396 g/mol. The summed E-state index contributed by atoms with van der Waals surface area (Å²) in [7, 11) is 1.52. The van der Waals surface area contributed by atoms with Crippen LogP contribution in [0.5, 0.6) is 0 Å². The number of aryl methyl sites for hydroxylation is 2. The van der Waals surface area contributed by atoms with Gasteiger partial charge in [0.1, 0.15) is 5.69 Å². The van der Waals surface area contributed by atoms with Crippen LogP contribution < -0.4 is 10.9 Å². The average molecular weight is 422 g/mol. The molecule has 1 fully saturated rings. The predicted molar refractivity (Wildman–Crippen MR) is 117 cm³/mol. The van der Waals surface area contributed by atoms with Crippen molar-refractivity contribution in [1.29, 1.82) is 0 Å². The quantitative estimate of drug-likeness (QED) is 0.678. The van der Waals surface area contributed by atoms with Gasteiger partial charge in [-0.2, -0.15) is 5.10 Å². The van der Waals surface area contributed by atoms with E-state index in [1.807, 2.05) is 22.8 Å². The number of likely N-dealkylation sites (tertiary alicyclic amines) is 1. The first kappa shape index (κ1) is 20.8. The standard InChI is InChI=1S/C22H26N6O3/c1-3-27-14-23-18-12-16(6-8-19(18)27)24-20(29)11-15-5-4-10-28(13-15)22(31)17-7-9-21(30)26(2)25-17/h6-9,12,14-15H,3-5,10-11,13H2,1-2H3,(H,24,29)/t15-/m0/s1. The predicted octanol–water partition coefficient (Wildman–Crippen LogP) is 2.03. The third-order valence-corrected chi connectivity index (χ3v) is 5.71. The zero-order chi connectivity index (χ0) is 22.0. The average Bonchev–Trinajstić information content (AvgIpc) is 3.17. The van der Waals surface area contributed by atoms with E-state index in [0.717, 1.165) is 40.8 Å². The molecule has 3 aromatic rings. The van der Waals surface area contributed by atoms with E-state index in [9.17, 15) is 14.4 Å². The zero-order valence-electron chi connectivity index (χ0n) is 17.7. The molecule has 0 unspecified atom stereocenters. The van der Waals surface area contributed by atoms with Crippen LogP contribution in [0.15, 0.2) is 41.5 Å². The topological polar surface area (TPSA) is 102 Å². The first-order valence-corrected chi connectivity index (χ1v) is 10.5. The van der Waals surface area contributed by atoms with E-state index in [2.05, 4.69) is 22.3 Å². The van der Waals surface area contributed by atoms with Gasteiger partial charge in [0, 0.05) is 44.9 Å². The minimum absolute atomic E-state index is 0.0752. The summed E-state index contributed by atoms with van der Waals surface area (Å²) >= 11 is 0. The van der Waals surface area contributed by atoms with Gasteiger partial charge in [0.05, 0.1) is 17.4 Å². The second-order valence-corrected chi connectivity index (χ2v) is 7.93. The summed E-state index contributed by atoms with van der Waals surface area (Å²) < 4.78 is 3.20. The van der Waals surface area contributed by atoms with E-state index in [1.165, 1.54) is 19.2 Å². The van der Waals surface area contributed by atoms with Crippen molar-refractivity contribution in [2.45, 2.75) is 32.7 Å². The molecule has 1 N–H and O–H groups in total. The lowest BCUT2D eigenvalue weighted by molar-refractivity contribution is -0.117. The monoisotopic (exact) mass is 422 g/mol. The number of rotatable bonds is 5. The van der Waals surface area contributed by atoms with Crippen molar-refractivity contribution in [2.24, 2.45) is 13.0 Å². The third-order valence-electron chi connectivity index (χ3n) is 5.71. The number of hydrogen-bond donors (Lipinski definition) is 1. The molecule has 162 valence electrons. The number of carbonyl (C=O) groups excluding carboxylic acids is 2. The highest BCUT2D eigenvalue weighted by Crippen LogP contribution is 2.23. The molecule has 1 aliphatic heterocycles. The summed E-state index contributed by atoms with van der Waals surface area (Å²) in [6, 6.07) is 8.52. The Labute approximate surface area is 179 Å². The van der Waals surface area contributed by atoms with E-state index >= 15 is 0 Å². The Morgan fingerprint density at radius 2 is 2.06 bits per heavy atom. The third kappa shape index (κ3) is 4.50. The Morgan fingerprint density at radius 1 is 1.23 bits per heavy atom. The van der Waals surface area contributed by atoms with Gasteiger partial charge in [-0.3, -0.25) is 14.4 Å². The molecule has 31 heavy (non-hydrogen) atoms. The van der Waals surface area contributed by atoms with Crippen molar-refractivity contribution >= 4 is 28.5 Å². The summed E-state index contributed by atoms with van der Waals surface area (Å²) in [6.07, 6.45) is 3.85. The van der Waals surface area contributed by atoms with Gasteiger partial charge in [-0.05, 0) is 49.9 Å². The van der Waals surface area contributed by atoms with Crippen LogP contribution in [-0.4, -0.2) is 49.1 Å². The van der Waals surface area contributed by atoms with Crippen LogP contribution in [0.25, 0.3) is 11.0 Å². The van der Waals surface area contributed by atoms with Crippen molar-refractivity contribution in [2.75, 3.05) is 18.4 Å². The van der Waals surface area contributed by atoms with Gasteiger partial charge in [-0.25, -0.2) is 9.67 Å². The zero-order valence-corrected chi connectivity index (χ0v) is 17.7. The summed E-state index contributed by atoms with van der Waals surface area (Å²) in [6.45, 7) is 4.02. The van der Waals surface area contributed by atoms with Gasteiger partial charge in [0.15, 0.2) is 0 Å². The molecule has 9 nitrogen and oxygen atoms in total. The van der Waals surface area contributed by atoms with Gasteiger partial charge in [0.2, 0.25) is 5.91 Å². The Kier molecular flexibility index (Phi) is 5.83. The lowest BCUT2D eigenvalue weighted by Gasteiger charge is -2.32. The number of nitrogens with one attached hydrogen (secondary N) is 1. The maximum absolute atomic E-state index is 12.8. The van der Waals surface area contributed by atoms with Crippen molar-refractivity contribution in [3.63, 3.8) is 0 Å². The molecule has 3 heterocycles. The number of imidazole rings is 1. The van der Waals surface area contributed by atoms with Crippen LogP contribution in [0.1, 0.15) is 36.7 Å². The Bertz CT molecular complexity index is 1180. The second kappa shape index (κ2) is 8.71. The number of nitrogens with zero attached hydrogens (tertiary/aromatic N) is 5. The molecule has 0 radical (unpaired) electrons. The number of aromatic nitrogens is 4. The fraction of sp³-hybridized carbons (Fsp3) is 0.409. The first-order chi connectivity index (χ1) is 14.9. The van der Waals surface area contributed by atoms with Crippen LogP contribution in [-0.2, 0) is 18.4 Å². The Balaban J connectivity index is 1.37. The molecule has 1 aliphatic rings. The molecule has 0 bridgehead atoms. The maximum atomic E-state index is 12.8. The van der Waals surface area contributed by atoms with E-state index in [0.29, 0.717) is 19.5 Å². The molecule has 1 aromatic carbocycles. The molecule has 4 rings (SSSR count). The molecule has 0 saturated carbocycles. The fourth-order valence-corrected chi connectivity index (χ4v) is 4.06. The van der Waals surface area contributed by atoms with E-state index in [1.54, 1.807) is 11.2 Å². The van der Waals surface area contributed by atoms with Crippen molar-refractivity contribution in [3.05, 3.63) is 52.7 Å². The summed E-state index contributed by atoms with van der Waals surface area (Å²) in [4.78, 5) is 43.0. The van der Waals surface area contributed by atoms with Crippen molar-refractivity contribution < 1.29 is 9.59 Å². The smallest absolute Gasteiger partial charge is 0.274 e. The number of fused-ring (bicyclic) bond motifs is 1. The molecule has 2 aromatic heterocycles. The van der Waals surface area contributed by atoms with Crippen LogP contribution in [0.3, 0.4) is 0 Å². The number of hydrogen-bond acceptors (Lipinski definition) is 5. The van der Waals surface area contributed by atoms with E-state index < -0.39 is 0 Å². The highest BCUT2D eigenvalue weighted by Gasteiger charge is 2.27. The van der Waals surface area contributed by atoms with Gasteiger partial charge < -0.3 is 14.8 Å². The summed E-state index contributed by atoms with van der Waals surface area (Å²) in [5.41, 5.74) is 2.58. The minimum atomic E-state index is -0.260. The van der Waals surface area contributed by atoms with Gasteiger partial charge in [-0.1, -0.05) is 0 Å². The molecule has 1 saturated heterocycles. The normalized spacial score (nSPS) is 16.5. The molecule has 2 amide bonds. The van der Waals surface area contributed by atoms with E-state index in [-0.39, 0.29) is 29.0 Å². The Hall–Kier alpha value is -3.49. The maximum Gasteiger partial charge on any atom is 0.274 e. The lowest BCUT2D eigenvalue weighted by Crippen LogP contribution is -2.41. The number of benzene rings is 1. The number of carbonyl (C=O) groups is 2. The van der Waals surface area contributed by atoms with E-state index in [4.69, 9.17) is 0 Å². The van der Waals surface area contributed by atoms with Gasteiger partial charge in [0.25, 0.3) is 11.5 Å². The molecule has 9 heteroatoms. The van der Waals surface area contributed by atoms with Crippen molar-refractivity contribution in [1.82, 2.24) is 24.2 Å². The van der Waals surface area contributed by atoms with Gasteiger partial charge in [-0.15, -0.1) is 0 Å². The molecular formula is C22H26N6O3. The molecule has 0 aliphatic carbocycles. The SMILES string of the molecule is CCn1cnc2cc(NC(=O)C[C@@H]3CCCN(C(=O)c4ccc(=O)n(C)n4)C3)ccc21. The van der Waals surface area contributed by atoms with Crippen LogP contribution in [0, 0.1) is 5.92 Å². The lowest BCUT2D eigenvalue weighted by atomic mass is 9.94.